The molecule has 0 bridgehead atoms. The van der Waals surface area contributed by atoms with E-state index in [0.29, 0.717) is 5.82 Å². The van der Waals surface area contributed by atoms with Crippen molar-refractivity contribution >= 4 is 0 Å². The normalized spacial score (nSPS) is 10.3. The van der Waals surface area contributed by atoms with Crippen LogP contribution in [0.4, 0.5) is 0 Å². The summed E-state index contributed by atoms with van der Waals surface area (Å²) in [7, 11) is 0. The van der Waals surface area contributed by atoms with Gasteiger partial charge in [0.1, 0.15) is 0 Å². The monoisotopic (exact) mass is 175 g/mol. The number of nitrogens with zero attached hydrogens (tertiary/aromatic N) is 4. The molecule has 1 N–H and O–H groups in total. The number of tetrazole rings is 1. The van der Waals surface area contributed by atoms with E-state index < -0.39 is 0 Å². The summed E-state index contributed by atoms with van der Waals surface area (Å²) >= 11 is 0. The Morgan fingerprint density at radius 1 is 1.15 bits per heavy atom. The standard InChI is InChI=1S/C8H9N5/c1-5-3-7(4-6(2)9-5)8-10-12-13-11-8/h3-4H,1-2H3,(H,10,11,12,13). The minimum atomic E-state index is 0.605. The molecule has 0 atom stereocenters. The molecule has 0 aliphatic heterocycles. The van der Waals surface area contributed by atoms with Crippen molar-refractivity contribution in [3.63, 3.8) is 0 Å². The van der Waals surface area contributed by atoms with E-state index in [-0.39, 0.29) is 0 Å². The first-order chi connectivity index (χ1) is 6.25. The third-order valence-corrected chi connectivity index (χ3v) is 1.69. The molecule has 2 rings (SSSR count). The highest BCUT2D eigenvalue weighted by Gasteiger charge is 2.03. The number of pyridine rings is 1. The summed E-state index contributed by atoms with van der Waals surface area (Å²) in [5.41, 5.74) is 2.86. The summed E-state index contributed by atoms with van der Waals surface area (Å²) in [4.78, 5) is 4.26. The molecule has 0 radical (unpaired) electrons. The second-order valence-corrected chi connectivity index (χ2v) is 2.87. The average Bonchev–Trinajstić information content (AvgIpc) is 2.53. The fourth-order valence-electron chi connectivity index (χ4n) is 1.25. The van der Waals surface area contributed by atoms with Crippen LogP contribution < -0.4 is 0 Å². The van der Waals surface area contributed by atoms with Crippen LogP contribution in [0.5, 0.6) is 0 Å². The lowest BCUT2D eigenvalue weighted by atomic mass is 10.2. The van der Waals surface area contributed by atoms with E-state index in [0.717, 1.165) is 17.0 Å². The summed E-state index contributed by atoms with van der Waals surface area (Å²) in [6.45, 7) is 3.88. The van der Waals surface area contributed by atoms with Crippen LogP contribution in [0.15, 0.2) is 12.1 Å². The van der Waals surface area contributed by atoms with Crippen LogP contribution in [0.1, 0.15) is 11.4 Å². The Hall–Kier alpha value is -1.78. The van der Waals surface area contributed by atoms with Crippen LogP contribution in [0.3, 0.4) is 0 Å². The van der Waals surface area contributed by atoms with Crippen LogP contribution in [-0.4, -0.2) is 25.6 Å². The van der Waals surface area contributed by atoms with E-state index in [1.165, 1.54) is 0 Å². The predicted molar refractivity (Wildman–Crippen MR) is 46.9 cm³/mol. The first-order valence-corrected chi connectivity index (χ1v) is 3.95. The second-order valence-electron chi connectivity index (χ2n) is 2.87. The number of aromatic amines is 1. The van der Waals surface area contributed by atoms with Crippen molar-refractivity contribution in [2.24, 2.45) is 0 Å². The Balaban J connectivity index is 2.53. The predicted octanol–water partition coefficient (Wildman–Crippen LogP) is 0.879. The molecule has 0 aromatic carbocycles. The molecule has 0 unspecified atom stereocenters. The Morgan fingerprint density at radius 3 is 2.38 bits per heavy atom. The fourth-order valence-corrected chi connectivity index (χ4v) is 1.25. The lowest BCUT2D eigenvalue weighted by Gasteiger charge is -1.98. The molecule has 0 amide bonds. The number of aryl methyl sites for hydroxylation is 2. The Bertz CT molecular complexity index is 386. The first kappa shape index (κ1) is 7.85. The largest absolute Gasteiger partial charge is 0.258 e. The molecule has 0 spiro atoms. The van der Waals surface area contributed by atoms with Gasteiger partial charge in [-0.3, -0.25) is 4.98 Å². The van der Waals surface area contributed by atoms with Crippen LogP contribution in [0.25, 0.3) is 11.4 Å². The second kappa shape index (κ2) is 2.93. The topological polar surface area (TPSA) is 67.3 Å². The number of H-pyrrole nitrogens is 1. The smallest absolute Gasteiger partial charge is 0.204 e. The number of rotatable bonds is 1. The number of hydrogen-bond acceptors (Lipinski definition) is 4. The Morgan fingerprint density at radius 2 is 1.85 bits per heavy atom. The lowest BCUT2D eigenvalue weighted by Crippen LogP contribution is -1.89. The van der Waals surface area contributed by atoms with Crippen LogP contribution >= 0.6 is 0 Å². The van der Waals surface area contributed by atoms with Gasteiger partial charge in [-0.2, -0.15) is 5.21 Å². The maximum Gasteiger partial charge on any atom is 0.204 e. The van der Waals surface area contributed by atoms with Gasteiger partial charge in [0.2, 0.25) is 5.82 Å². The lowest BCUT2D eigenvalue weighted by molar-refractivity contribution is 0.881. The third-order valence-electron chi connectivity index (χ3n) is 1.69. The zero-order valence-corrected chi connectivity index (χ0v) is 7.44. The van der Waals surface area contributed by atoms with Gasteiger partial charge in [-0.1, -0.05) is 0 Å². The highest BCUT2D eigenvalue weighted by atomic mass is 15.5. The van der Waals surface area contributed by atoms with Crippen molar-refractivity contribution in [2.75, 3.05) is 0 Å². The summed E-state index contributed by atoms with van der Waals surface area (Å²) in [6, 6.07) is 3.86. The van der Waals surface area contributed by atoms with E-state index in [4.69, 9.17) is 0 Å². The van der Waals surface area contributed by atoms with Crippen molar-refractivity contribution < 1.29 is 0 Å². The maximum atomic E-state index is 4.26. The van der Waals surface area contributed by atoms with Crippen LogP contribution in [-0.2, 0) is 0 Å². The summed E-state index contributed by atoms with van der Waals surface area (Å²) in [5.74, 6) is 0.605. The van der Waals surface area contributed by atoms with Gasteiger partial charge >= 0.3 is 0 Å². The van der Waals surface area contributed by atoms with E-state index in [1.54, 1.807) is 0 Å². The molecule has 0 fully saturated rings. The molecule has 2 aromatic heterocycles. The molecule has 5 heteroatoms. The van der Waals surface area contributed by atoms with Gasteiger partial charge in [0.15, 0.2) is 0 Å². The van der Waals surface area contributed by atoms with E-state index in [1.807, 2.05) is 26.0 Å². The Kier molecular flexibility index (Phi) is 1.77. The van der Waals surface area contributed by atoms with Gasteiger partial charge in [-0.25, -0.2) is 0 Å². The first-order valence-electron chi connectivity index (χ1n) is 3.95. The molecule has 0 saturated heterocycles. The number of nitrogens with one attached hydrogen (secondary N) is 1. The molecule has 0 aliphatic rings. The molecule has 66 valence electrons. The molecular formula is C8H9N5. The number of hydrogen-bond donors (Lipinski definition) is 1. The summed E-state index contributed by atoms with van der Waals surface area (Å²) in [6.07, 6.45) is 0. The van der Waals surface area contributed by atoms with Crippen molar-refractivity contribution in [3.05, 3.63) is 23.5 Å². The molecule has 0 aliphatic carbocycles. The maximum absolute atomic E-state index is 4.26. The van der Waals surface area contributed by atoms with E-state index in [2.05, 4.69) is 25.6 Å². The van der Waals surface area contributed by atoms with Gasteiger partial charge in [0, 0.05) is 17.0 Å². The Labute approximate surface area is 75.2 Å². The van der Waals surface area contributed by atoms with E-state index >= 15 is 0 Å². The zero-order valence-electron chi connectivity index (χ0n) is 7.44. The number of aromatic nitrogens is 5. The van der Waals surface area contributed by atoms with Gasteiger partial charge < -0.3 is 0 Å². The fraction of sp³-hybridized carbons (Fsp3) is 0.250. The van der Waals surface area contributed by atoms with Crippen molar-refractivity contribution in [1.82, 2.24) is 25.6 Å². The quantitative estimate of drug-likeness (QED) is 0.698. The van der Waals surface area contributed by atoms with Crippen molar-refractivity contribution in [1.29, 1.82) is 0 Å². The minimum absolute atomic E-state index is 0.605. The molecule has 13 heavy (non-hydrogen) atoms. The molecule has 0 saturated carbocycles. The average molecular weight is 175 g/mol. The van der Waals surface area contributed by atoms with Gasteiger partial charge in [0.05, 0.1) is 0 Å². The SMILES string of the molecule is Cc1cc(-c2nn[nH]n2)cc(C)n1. The third kappa shape index (κ3) is 1.53. The highest BCUT2D eigenvalue weighted by molar-refractivity contribution is 5.54. The highest BCUT2D eigenvalue weighted by Crippen LogP contribution is 2.14. The molecule has 2 aromatic rings. The van der Waals surface area contributed by atoms with E-state index in [9.17, 15) is 0 Å². The van der Waals surface area contributed by atoms with Gasteiger partial charge in [-0.05, 0) is 31.2 Å². The molecular weight excluding hydrogens is 166 g/mol. The summed E-state index contributed by atoms with van der Waals surface area (Å²) in [5, 5.41) is 13.7. The zero-order chi connectivity index (χ0) is 9.26. The van der Waals surface area contributed by atoms with Crippen molar-refractivity contribution in [3.8, 4) is 11.4 Å². The van der Waals surface area contributed by atoms with Gasteiger partial charge in [0.25, 0.3) is 0 Å². The summed E-state index contributed by atoms with van der Waals surface area (Å²) < 4.78 is 0. The van der Waals surface area contributed by atoms with Crippen molar-refractivity contribution in [2.45, 2.75) is 13.8 Å². The van der Waals surface area contributed by atoms with Crippen LogP contribution in [0, 0.1) is 13.8 Å². The molecule has 2 heterocycles. The minimum Gasteiger partial charge on any atom is -0.258 e. The molecule has 5 nitrogen and oxygen atoms in total. The van der Waals surface area contributed by atoms with Gasteiger partial charge in [-0.15, -0.1) is 10.2 Å². The van der Waals surface area contributed by atoms with Crippen LogP contribution in [0.2, 0.25) is 0 Å².